The molecule has 0 saturated heterocycles. The van der Waals surface area contributed by atoms with E-state index in [1.54, 1.807) is 0 Å². The van der Waals surface area contributed by atoms with Crippen LogP contribution in [0.25, 0.3) is 11.1 Å². The van der Waals surface area contributed by atoms with E-state index in [0.29, 0.717) is 5.56 Å². The van der Waals surface area contributed by atoms with Gasteiger partial charge < -0.3 is 10.1 Å². The Morgan fingerprint density at radius 2 is 1.81 bits per heavy atom. The molecule has 7 heteroatoms. The Morgan fingerprint density at radius 1 is 1.19 bits per heavy atom. The van der Waals surface area contributed by atoms with Crippen molar-refractivity contribution in [2.75, 3.05) is 0 Å². The molecule has 0 amide bonds. The average molecular weight is 297 g/mol. The number of H-pyrrole nitrogens is 1. The number of rotatable bonds is 3. The summed E-state index contributed by atoms with van der Waals surface area (Å²) in [5.41, 5.74) is -0.538. The normalized spacial score (nSPS) is 11.4. The maximum absolute atomic E-state index is 12.5. The lowest BCUT2D eigenvalue weighted by atomic mass is 10.0. The molecule has 0 saturated carbocycles. The molecule has 0 radical (unpaired) electrons. The minimum atomic E-state index is -4.45. The van der Waals surface area contributed by atoms with Crippen LogP contribution in [0.2, 0.25) is 0 Å². The van der Waals surface area contributed by atoms with E-state index in [4.69, 9.17) is 5.11 Å². The van der Waals surface area contributed by atoms with E-state index < -0.39 is 23.3 Å². The number of aromatic amines is 1. The largest absolute Gasteiger partial charge is 0.481 e. The predicted octanol–water partition coefficient (Wildman–Crippen LogP) is 2.69. The van der Waals surface area contributed by atoms with Gasteiger partial charge in [0.2, 0.25) is 0 Å². The van der Waals surface area contributed by atoms with Crippen molar-refractivity contribution in [3.05, 3.63) is 58.0 Å². The zero-order valence-electron chi connectivity index (χ0n) is 10.6. The number of carboxylic acid groups (broad SMARTS) is 1. The van der Waals surface area contributed by atoms with Gasteiger partial charge in [0.25, 0.3) is 5.56 Å². The summed E-state index contributed by atoms with van der Waals surface area (Å²) in [6.45, 7) is 0. The van der Waals surface area contributed by atoms with E-state index in [9.17, 15) is 22.8 Å². The van der Waals surface area contributed by atoms with Gasteiger partial charge >= 0.3 is 12.1 Å². The smallest absolute Gasteiger partial charge is 0.416 e. The molecule has 2 aromatic rings. The summed E-state index contributed by atoms with van der Waals surface area (Å²) in [4.78, 5) is 24.7. The molecule has 1 heterocycles. The molecule has 110 valence electrons. The first kappa shape index (κ1) is 14.8. The first-order valence-corrected chi connectivity index (χ1v) is 5.88. The molecule has 0 aliphatic carbocycles. The van der Waals surface area contributed by atoms with Crippen molar-refractivity contribution in [2.45, 2.75) is 12.6 Å². The predicted molar refractivity (Wildman–Crippen MR) is 68.8 cm³/mol. The minimum Gasteiger partial charge on any atom is -0.481 e. The number of carboxylic acids is 1. The lowest BCUT2D eigenvalue weighted by molar-refractivity contribution is -0.138. The molecule has 0 fully saturated rings. The number of nitrogens with one attached hydrogen (secondary N) is 1. The number of aromatic nitrogens is 1. The SMILES string of the molecule is O=C(O)Cc1c[nH]c(=O)c(-c2ccc(C(F)(F)F)cc2)c1. The van der Waals surface area contributed by atoms with Gasteiger partial charge in [0.15, 0.2) is 0 Å². The Hall–Kier alpha value is -2.57. The van der Waals surface area contributed by atoms with Crippen LogP contribution in [0, 0.1) is 0 Å². The van der Waals surface area contributed by atoms with Gasteiger partial charge in [0.05, 0.1) is 12.0 Å². The number of hydrogen-bond donors (Lipinski definition) is 2. The highest BCUT2D eigenvalue weighted by Gasteiger charge is 2.30. The van der Waals surface area contributed by atoms with Crippen LogP contribution in [0.15, 0.2) is 41.3 Å². The van der Waals surface area contributed by atoms with Gasteiger partial charge in [-0.2, -0.15) is 13.2 Å². The molecule has 1 aromatic carbocycles. The van der Waals surface area contributed by atoms with Crippen LogP contribution in [-0.2, 0) is 17.4 Å². The summed E-state index contributed by atoms with van der Waals surface area (Å²) in [7, 11) is 0. The second kappa shape index (κ2) is 5.43. The standard InChI is InChI=1S/C14H10F3NO3/c15-14(16,17)10-3-1-9(2-4-10)11-5-8(6-12(19)20)7-18-13(11)21/h1-5,7H,6H2,(H,18,21)(H,19,20). The average Bonchev–Trinajstić information content (AvgIpc) is 2.39. The van der Waals surface area contributed by atoms with Gasteiger partial charge in [-0.1, -0.05) is 12.1 Å². The molecule has 1 aromatic heterocycles. The first-order valence-electron chi connectivity index (χ1n) is 5.88. The third-order valence-electron chi connectivity index (χ3n) is 2.84. The lowest BCUT2D eigenvalue weighted by Gasteiger charge is -2.08. The molecule has 21 heavy (non-hydrogen) atoms. The van der Waals surface area contributed by atoms with Crippen molar-refractivity contribution in [3.63, 3.8) is 0 Å². The summed E-state index contributed by atoms with van der Waals surface area (Å²) < 4.78 is 37.4. The molecule has 2 rings (SSSR count). The van der Waals surface area contributed by atoms with Crippen molar-refractivity contribution in [2.24, 2.45) is 0 Å². The number of halogens is 3. The highest BCUT2D eigenvalue weighted by molar-refractivity contribution is 5.71. The van der Waals surface area contributed by atoms with Crippen LogP contribution in [0.3, 0.4) is 0 Å². The number of carbonyl (C=O) groups is 1. The molecular formula is C14H10F3NO3. The third-order valence-corrected chi connectivity index (χ3v) is 2.84. The second-order valence-electron chi connectivity index (χ2n) is 4.40. The molecule has 0 unspecified atom stereocenters. The monoisotopic (exact) mass is 297 g/mol. The fourth-order valence-electron chi connectivity index (χ4n) is 1.86. The van der Waals surface area contributed by atoms with Crippen LogP contribution in [0.4, 0.5) is 13.2 Å². The zero-order valence-corrected chi connectivity index (χ0v) is 10.6. The summed E-state index contributed by atoms with van der Waals surface area (Å²) in [6, 6.07) is 5.46. The molecule has 0 aliphatic rings. The van der Waals surface area contributed by atoms with Gasteiger partial charge in [-0.15, -0.1) is 0 Å². The number of alkyl halides is 3. The molecule has 4 nitrogen and oxygen atoms in total. The molecule has 0 atom stereocenters. The van der Waals surface area contributed by atoms with E-state index in [1.165, 1.54) is 24.4 Å². The lowest BCUT2D eigenvalue weighted by Crippen LogP contribution is -2.11. The van der Waals surface area contributed by atoms with E-state index in [2.05, 4.69) is 4.98 Å². The van der Waals surface area contributed by atoms with E-state index in [1.807, 2.05) is 0 Å². The van der Waals surface area contributed by atoms with Crippen molar-refractivity contribution >= 4 is 5.97 Å². The van der Waals surface area contributed by atoms with Crippen LogP contribution in [-0.4, -0.2) is 16.1 Å². The number of aliphatic carboxylic acids is 1. The Labute approximate surface area is 116 Å². The Bertz CT molecular complexity index is 717. The van der Waals surface area contributed by atoms with Crippen molar-refractivity contribution in [1.29, 1.82) is 0 Å². The number of hydrogen-bond acceptors (Lipinski definition) is 2. The molecule has 2 N–H and O–H groups in total. The molecule has 0 bridgehead atoms. The topological polar surface area (TPSA) is 70.2 Å². The Morgan fingerprint density at radius 3 is 2.33 bits per heavy atom. The van der Waals surface area contributed by atoms with Crippen LogP contribution in [0.1, 0.15) is 11.1 Å². The van der Waals surface area contributed by atoms with E-state index in [0.717, 1.165) is 12.1 Å². The Balaban J connectivity index is 2.41. The van der Waals surface area contributed by atoms with Crippen molar-refractivity contribution < 1.29 is 23.1 Å². The van der Waals surface area contributed by atoms with Crippen LogP contribution < -0.4 is 5.56 Å². The van der Waals surface area contributed by atoms with Gasteiger partial charge in [0, 0.05) is 11.8 Å². The van der Waals surface area contributed by atoms with Crippen LogP contribution in [0.5, 0.6) is 0 Å². The second-order valence-corrected chi connectivity index (χ2v) is 4.40. The quantitative estimate of drug-likeness (QED) is 0.915. The van der Waals surface area contributed by atoms with Gasteiger partial charge in [-0.3, -0.25) is 9.59 Å². The molecule has 0 spiro atoms. The van der Waals surface area contributed by atoms with Gasteiger partial charge in [-0.05, 0) is 29.3 Å². The van der Waals surface area contributed by atoms with Gasteiger partial charge in [0.1, 0.15) is 0 Å². The fraction of sp³-hybridized carbons (Fsp3) is 0.143. The highest BCUT2D eigenvalue weighted by Crippen LogP contribution is 2.30. The first-order chi connectivity index (χ1) is 9.77. The number of pyridine rings is 1. The maximum atomic E-state index is 12.5. The minimum absolute atomic E-state index is 0.127. The van der Waals surface area contributed by atoms with Crippen molar-refractivity contribution in [1.82, 2.24) is 4.98 Å². The van der Waals surface area contributed by atoms with E-state index in [-0.39, 0.29) is 17.5 Å². The Kier molecular flexibility index (Phi) is 3.84. The van der Waals surface area contributed by atoms with E-state index >= 15 is 0 Å². The number of benzene rings is 1. The highest BCUT2D eigenvalue weighted by atomic mass is 19.4. The summed E-state index contributed by atoms with van der Waals surface area (Å²) in [5, 5.41) is 8.71. The summed E-state index contributed by atoms with van der Waals surface area (Å²) in [6.07, 6.45) is -3.47. The van der Waals surface area contributed by atoms with Crippen molar-refractivity contribution in [3.8, 4) is 11.1 Å². The summed E-state index contributed by atoms with van der Waals surface area (Å²) in [5.74, 6) is -1.07. The third kappa shape index (κ3) is 3.50. The molecular weight excluding hydrogens is 287 g/mol. The van der Waals surface area contributed by atoms with Crippen LogP contribution >= 0.6 is 0 Å². The zero-order chi connectivity index (χ0) is 15.6. The summed E-state index contributed by atoms with van der Waals surface area (Å²) >= 11 is 0. The van der Waals surface area contributed by atoms with Gasteiger partial charge in [-0.25, -0.2) is 0 Å². The molecule has 0 aliphatic heterocycles. The maximum Gasteiger partial charge on any atom is 0.416 e. The fourth-order valence-corrected chi connectivity index (χ4v) is 1.86.